The number of carboxylic acids is 1. The average molecular weight is 370 g/mol. The number of aromatic nitrogens is 1. The fraction of sp³-hybridized carbons (Fsp3) is 0.235. The molecular weight excluding hydrogens is 356 g/mol. The lowest BCUT2D eigenvalue weighted by atomic mass is 10.1. The predicted molar refractivity (Wildman–Crippen MR) is 83.4 cm³/mol. The van der Waals surface area contributed by atoms with Crippen LogP contribution in [0.3, 0.4) is 0 Å². The van der Waals surface area contributed by atoms with Gasteiger partial charge in [0.1, 0.15) is 5.82 Å². The van der Waals surface area contributed by atoms with E-state index in [-0.39, 0.29) is 23.6 Å². The molecule has 0 bridgehead atoms. The Morgan fingerprint density at radius 3 is 2.08 bits per heavy atom. The van der Waals surface area contributed by atoms with E-state index >= 15 is 0 Å². The van der Waals surface area contributed by atoms with Gasteiger partial charge < -0.3 is 10.8 Å². The van der Waals surface area contributed by atoms with Gasteiger partial charge in [0.15, 0.2) is 0 Å². The summed E-state index contributed by atoms with van der Waals surface area (Å²) in [7, 11) is 0. The van der Waals surface area contributed by atoms with E-state index in [4.69, 9.17) is 15.6 Å². The van der Waals surface area contributed by atoms with Crippen LogP contribution < -0.4 is 5.73 Å². The predicted octanol–water partition coefficient (Wildman–Crippen LogP) is 3.11. The largest absolute Gasteiger partial charge is 0.490 e. The van der Waals surface area contributed by atoms with E-state index in [9.17, 15) is 22.4 Å². The molecule has 3 rings (SSSR count). The second kappa shape index (κ2) is 7.51. The van der Waals surface area contributed by atoms with E-state index in [1.165, 1.54) is 12.1 Å². The maximum absolute atomic E-state index is 12.8. The smallest absolute Gasteiger partial charge is 0.475 e. The molecule has 1 aliphatic rings. The van der Waals surface area contributed by atoms with Crippen molar-refractivity contribution in [1.82, 2.24) is 4.98 Å². The molecule has 1 aliphatic carbocycles. The molecule has 5 nitrogen and oxygen atoms in total. The molecule has 1 amide bonds. The molecule has 1 aromatic heterocycles. The van der Waals surface area contributed by atoms with Crippen molar-refractivity contribution >= 4 is 11.9 Å². The molecule has 2 atom stereocenters. The Labute approximate surface area is 145 Å². The summed E-state index contributed by atoms with van der Waals surface area (Å²) in [6, 6.07) is 10.1. The van der Waals surface area contributed by atoms with Gasteiger partial charge >= 0.3 is 12.1 Å². The van der Waals surface area contributed by atoms with Crippen LogP contribution in [0.1, 0.15) is 17.9 Å². The number of aliphatic carboxylic acids is 1. The van der Waals surface area contributed by atoms with Crippen molar-refractivity contribution in [2.75, 3.05) is 0 Å². The lowest BCUT2D eigenvalue weighted by Gasteiger charge is -2.03. The van der Waals surface area contributed by atoms with Gasteiger partial charge in [0.25, 0.3) is 0 Å². The Morgan fingerprint density at radius 2 is 1.69 bits per heavy atom. The van der Waals surface area contributed by atoms with Gasteiger partial charge in [-0.15, -0.1) is 0 Å². The first-order valence-electron chi connectivity index (χ1n) is 7.41. The third-order valence-corrected chi connectivity index (χ3v) is 3.75. The number of hydrogen-bond acceptors (Lipinski definition) is 3. The summed E-state index contributed by atoms with van der Waals surface area (Å²) in [6.07, 6.45) is -2.50. The van der Waals surface area contributed by atoms with E-state index in [0.29, 0.717) is 0 Å². The van der Waals surface area contributed by atoms with Crippen LogP contribution in [-0.4, -0.2) is 28.1 Å². The summed E-state index contributed by atoms with van der Waals surface area (Å²) < 4.78 is 44.6. The second-order valence-electron chi connectivity index (χ2n) is 5.64. The van der Waals surface area contributed by atoms with Crippen molar-refractivity contribution in [3.8, 4) is 11.3 Å². The summed E-state index contributed by atoms with van der Waals surface area (Å²) in [4.78, 5) is 24.3. The molecule has 26 heavy (non-hydrogen) atoms. The topological polar surface area (TPSA) is 93.3 Å². The number of benzene rings is 1. The van der Waals surface area contributed by atoms with Gasteiger partial charge in [0.2, 0.25) is 5.91 Å². The zero-order valence-electron chi connectivity index (χ0n) is 13.2. The van der Waals surface area contributed by atoms with E-state index in [1.54, 1.807) is 18.3 Å². The number of alkyl halides is 3. The number of halogens is 4. The number of nitrogens with zero attached hydrogens (tertiary/aromatic N) is 1. The minimum atomic E-state index is -5.08. The Hall–Kier alpha value is -2.97. The number of carboxylic acid groups (broad SMARTS) is 1. The fourth-order valence-corrected chi connectivity index (χ4v) is 2.29. The molecule has 0 saturated heterocycles. The second-order valence-corrected chi connectivity index (χ2v) is 5.64. The summed E-state index contributed by atoms with van der Waals surface area (Å²) in [6.45, 7) is 0. The van der Waals surface area contributed by atoms with Crippen LogP contribution in [0.5, 0.6) is 0 Å². The Morgan fingerprint density at radius 1 is 1.12 bits per heavy atom. The van der Waals surface area contributed by atoms with E-state index < -0.39 is 12.1 Å². The van der Waals surface area contributed by atoms with Gasteiger partial charge in [-0.1, -0.05) is 6.07 Å². The first kappa shape index (κ1) is 19.4. The number of primary amides is 1. The SMILES string of the molecule is NC(=O)C1CC1c1ccc(-c2ccc(F)cc2)nc1.O=C(O)C(F)(F)F. The number of amides is 1. The average Bonchev–Trinajstić information content (AvgIpc) is 3.36. The Balaban J connectivity index is 0.000000298. The first-order chi connectivity index (χ1) is 12.1. The molecule has 1 saturated carbocycles. The molecular formula is C17H14F4N2O3. The van der Waals surface area contributed by atoms with Gasteiger partial charge in [-0.3, -0.25) is 9.78 Å². The quantitative estimate of drug-likeness (QED) is 0.812. The number of hydrogen-bond donors (Lipinski definition) is 2. The maximum Gasteiger partial charge on any atom is 0.490 e. The molecule has 0 radical (unpaired) electrons. The van der Waals surface area contributed by atoms with Crippen LogP contribution in [0, 0.1) is 11.7 Å². The molecule has 9 heteroatoms. The molecule has 2 aromatic rings. The van der Waals surface area contributed by atoms with Gasteiger partial charge in [-0.05, 0) is 48.2 Å². The Bertz CT molecular complexity index is 789. The van der Waals surface area contributed by atoms with E-state index in [2.05, 4.69) is 4.98 Å². The van der Waals surface area contributed by atoms with Crippen molar-refractivity contribution in [3.63, 3.8) is 0 Å². The van der Waals surface area contributed by atoms with Crippen LogP contribution in [0.15, 0.2) is 42.6 Å². The van der Waals surface area contributed by atoms with Crippen molar-refractivity contribution in [3.05, 3.63) is 54.0 Å². The standard InChI is InChI=1S/C15H13FN2O.C2HF3O2/c16-11-4-1-9(2-5-11)14-6-3-10(8-18-14)12-7-13(12)15(17)19;3-2(4,5)1(6)7/h1-6,8,12-13H,7H2,(H2,17,19);(H,6,7). The zero-order chi connectivity index (χ0) is 19.5. The maximum atomic E-state index is 12.8. The van der Waals surface area contributed by atoms with Gasteiger partial charge in [0, 0.05) is 17.7 Å². The first-order valence-corrected chi connectivity index (χ1v) is 7.41. The Kier molecular flexibility index (Phi) is 5.59. The number of carbonyl (C=O) groups excluding carboxylic acids is 1. The number of nitrogens with two attached hydrogens (primary N) is 1. The van der Waals surface area contributed by atoms with E-state index in [0.717, 1.165) is 23.2 Å². The minimum absolute atomic E-state index is 0.0431. The fourth-order valence-electron chi connectivity index (χ4n) is 2.29. The van der Waals surface area contributed by atoms with Crippen LogP contribution in [0.4, 0.5) is 17.6 Å². The highest BCUT2D eigenvalue weighted by Gasteiger charge is 2.42. The van der Waals surface area contributed by atoms with Crippen LogP contribution in [-0.2, 0) is 9.59 Å². The molecule has 2 unspecified atom stereocenters. The lowest BCUT2D eigenvalue weighted by molar-refractivity contribution is -0.192. The zero-order valence-corrected chi connectivity index (χ0v) is 13.2. The minimum Gasteiger partial charge on any atom is -0.475 e. The molecule has 138 valence electrons. The monoisotopic (exact) mass is 370 g/mol. The highest BCUT2D eigenvalue weighted by molar-refractivity contribution is 5.81. The molecule has 1 heterocycles. The normalized spacial score (nSPS) is 18.5. The van der Waals surface area contributed by atoms with Gasteiger partial charge in [-0.2, -0.15) is 13.2 Å². The third-order valence-electron chi connectivity index (χ3n) is 3.75. The number of pyridine rings is 1. The molecule has 3 N–H and O–H groups in total. The summed E-state index contributed by atoms with van der Waals surface area (Å²) in [5.41, 5.74) is 7.96. The molecule has 0 spiro atoms. The molecule has 1 aromatic carbocycles. The van der Waals surface area contributed by atoms with E-state index in [1.807, 2.05) is 12.1 Å². The van der Waals surface area contributed by atoms with Crippen LogP contribution in [0.2, 0.25) is 0 Å². The van der Waals surface area contributed by atoms with Crippen molar-refractivity contribution in [1.29, 1.82) is 0 Å². The lowest BCUT2D eigenvalue weighted by Crippen LogP contribution is -2.21. The summed E-state index contributed by atoms with van der Waals surface area (Å²) in [5.74, 6) is -3.09. The van der Waals surface area contributed by atoms with Gasteiger partial charge in [-0.25, -0.2) is 9.18 Å². The van der Waals surface area contributed by atoms with Gasteiger partial charge in [0.05, 0.1) is 5.69 Å². The van der Waals surface area contributed by atoms with Crippen LogP contribution >= 0.6 is 0 Å². The van der Waals surface area contributed by atoms with Crippen molar-refractivity contribution in [2.24, 2.45) is 11.7 Å². The highest BCUT2D eigenvalue weighted by atomic mass is 19.4. The third kappa shape index (κ3) is 5.01. The molecule has 0 aliphatic heterocycles. The van der Waals surface area contributed by atoms with Crippen LogP contribution in [0.25, 0.3) is 11.3 Å². The number of rotatable bonds is 3. The highest BCUT2D eigenvalue weighted by Crippen LogP contribution is 2.47. The summed E-state index contributed by atoms with van der Waals surface area (Å²) in [5, 5.41) is 7.12. The molecule has 1 fully saturated rings. The number of carbonyl (C=O) groups is 2. The van der Waals surface area contributed by atoms with Crippen molar-refractivity contribution < 1.29 is 32.3 Å². The summed E-state index contributed by atoms with van der Waals surface area (Å²) >= 11 is 0. The van der Waals surface area contributed by atoms with Crippen molar-refractivity contribution in [2.45, 2.75) is 18.5 Å².